The average molecular weight is 367 g/mol. The van der Waals surface area contributed by atoms with Crippen LogP contribution in [0.5, 0.6) is 0 Å². The SMILES string of the molecule is COC(=O)c1c(C(N)=O)cccc1S(=O)(=O)N=C1N=CC(C)(C)NN1. The predicted molar refractivity (Wildman–Crippen MR) is 89.8 cm³/mol. The molecule has 11 heteroatoms. The molecule has 10 nitrogen and oxygen atoms in total. The maximum Gasteiger partial charge on any atom is 0.340 e. The van der Waals surface area contributed by atoms with E-state index < -0.39 is 37.9 Å². The number of carbonyl (C=O) groups is 2. The average Bonchev–Trinajstić information content (AvgIpc) is 2.55. The fourth-order valence-electron chi connectivity index (χ4n) is 1.98. The normalized spacial score (nSPS) is 17.8. The standard InChI is InChI=1S/C14H17N5O5S/c1-14(2)7-16-13(17-19-14)18-25(22,23)9-6-4-5-8(11(15)20)10(9)12(21)24-3/h4-7,19H,1-3H3,(H2,15,20)(H,17,18). The Balaban J connectivity index is 2.59. The van der Waals surface area contributed by atoms with Crippen LogP contribution in [0.1, 0.15) is 34.6 Å². The lowest BCUT2D eigenvalue weighted by atomic mass is 10.1. The van der Waals surface area contributed by atoms with Gasteiger partial charge in [-0.2, -0.15) is 8.42 Å². The minimum Gasteiger partial charge on any atom is -0.465 e. The Bertz CT molecular complexity index is 889. The second kappa shape index (κ2) is 6.61. The van der Waals surface area contributed by atoms with Gasteiger partial charge in [0.2, 0.25) is 11.9 Å². The molecular weight excluding hydrogens is 350 g/mol. The zero-order chi connectivity index (χ0) is 18.8. The number of hydrogen-bond donors (Lipinski definition) is 3. The highest BCUT2D eigenvalue weighted by Gasteiger charge is 2.29. The van der Waals surface area contributed by atoms with E-state index in [2.05, 4.69) is 25.0 Å². The van der Waals surface area contributed by atoms with Crippen molar-refractivity contribution in [3.63, 3.8) is 0 Å². The topological polar surface area (TPSA) is 152 Å². The first-order valence-corrected chi connectivity index (χ1v) is 8.46. The number of benzene rings is 1. The number of sulfonamides is 1. The van der Waals surface area contributed by atoms with Gasteiger partial charge in [0.15, 0.2) is 0 Å². The first-order valence-electron chi connectivity index (χ1n) is 7.02. The number of ether oxygens (including phenoxy) is 1. The van der Waals surface area contributed by atoms with Crippen molar-refractivity contribution in [3.05, 3.63) is 29.3 Å². The summed E-state index contributed by atoms with van der Waals surface area (Å²) in [4.78, 5) is 26.9. The minimum absolute atomic E-state index is 0.223. The van der Waals surface area contributed by atoms with Crippen LogP contribution in [0, 0.1) is 0 Å². The summed E-state index contributed by atoms with van der Waals surface area (Å²) in [6.07, 6.45) is 1.47. The molecule has 0 radical (unpaired) electrons. The van der Waals surface area contributed by atoms with E-state index in [0.717, 1.165) is 13.2 Å². The Labute approximate surface area is 144 Å². The van der Waals surface area contributed by atoms with Gasteiger partial charge in [0, 0.05) is 6.21 Å². The van der Waals surface area contributed by atoms with E-state index in [1.54, 1.807) is 13.8 Å². The van der Waals surface area contributed by atoms with Gasteiger partial charge in [-0.25, -0.2) is 15.2 Å². The van der Waals surface area contributed by atoms with E-state index in [-0.39, 0.29) is 11.5 Å². The second-order valence-electron chi connectivity index (χ2n) is 5.65. The number of nitrogens with two attached hydrogens (primary N) is 1. The molecule has 1 heterocycles. The number of primary amides is 1. The van der Waals surface area contributed by atoms with Crippen LogP contribution in [0.25, 0.3) is 0 Å². The Morgan fingerprint density at radius 1 is 1.32 bits per heavy atom. The molecule has 0 spiro atoms. The molecule has 1 aromatic carbocycles. The highest BCUT2D eigenvalue weighted by atomic mass is 32.2. The predicted octanol–water partition coefficient (Wildman–Crippen LogP) is -0.426. The van der Waals surface area contributed by atoms with Gasteiger partial charge in [0.05, 0.1) is 23.8 Å². The molecule has 0 unspecified atom stereocenters. The van der Waals surface area contributed by atoms with Crippen LogP contribution in [0.3, 0.4) is 0 Å². The number of rotatable bonds is 4. The molecule has 1 aliphatic rings. The fourth-order valence-corrected chi connectivity index (χ4v) is 3.10. The first kappa shape index (κ1) is 18.5. The van der Waals surface area contributed by atoms with Crippen molar-refractivity contribution in [3.8, 4) is 0 Å². The molecule has 0 bridgehead atoms. The zero-order valence-corrected chi connectivity index (χ0v) is 14.5. The van der Waals surface area contributed by atoms with Crippen LogP contribution in [0.2, 0.25) is 0 Å². The van der Waals surface area contributed by atoms with Crippen molar-refractivity contribution in [1.29, 1.82) is 0 Å². The molecule has 2 rings (SSSR count). The summed E-state index contributed by atoms with van der Waals surface area (Å²) in [5.41, 5.74) is 9.31. The molecule has 25 heavy (non-hydrogen) atoms. The quantitative estimate of drug-likeness (QED) is 0.611. The zero-order valence-electron chi connectivity index (χ0n) is 13.7. The van der Waals surface area contributed by atoms with Gasteiger partial charge < -0.3 is 10.5 Å². The highest BCUT2D eigenvalue weighted by molar-refractivity contribution is 7.90. The molecule has 0 fully saturated rings. The first-order chi connectivity index (χ1) is 11.6. The summed E-state index contributed by atoms with van der Waals surface area (Å²) < 4.78 is 33.3. The lowest BCUT2D eigenvalue weighted by Gasteiger charge is -2.26. The van der Waals surface area contributed by atoms with Gasteiger partial charge in [-0.05, 0) is 26.0 Å². The van der Waals surface area contributed by atoms with Crippen molar-refractivity contribution in [2.24, 2.45) is 15.1 Å². The number of hydrogen-bond acceptors (Lipinski definition) is 6. The lowest BCUT2D eigenvalue weighted by Crippen LogP contribution is -2.55. The third-order valence-electron chi connectivity index (χ3n) is 3.17. The molecule has 0 aliphatic carbocycles. The molecular formula is C14H17N5O5S. The number of aliphatic imine (C=N–C) groups is 1. The van der Waals surface area contributed by atoms with Gasteiger partial charge in [-0.3, -0.25) is 10.2 Å². The van der Waals surface area contributed by atoms with Crippen LogP contribution in [0.15, 0.2) is 32.5 Å². The molecule has 4 N–H and O–H groups in total. The smallest absolute Gasteiger partial charge is 0.340 e. The summed E-state index contributed by atoms with van der Waals surface area (Å²) in [6.45, 7) is 3.61. The van der Waals surface area contributed by atoms with Crippen LogP contribution >= 0.6 is 0 Å². The lowest BCUT2D eigenvalue weighted by molar-refractivity contribution is 0.0592. The van der Waals surface area contributed by atoms with Crippen LogP contribution < -0.4 is 16.6 Å². The Kier molecular flexibility index (Phi) is 4.90. The minimum atomic E-state index is -4.38. The number of methoxy groups -OCH3 is 1. The Morgan fingerprint density at radius 3 is 2.52 bits per heavy atom. The van der Waals surface area contributed by atoms with Crippen LogP contribution in [-0.2, 0) is 14.8 Å². The number of nitrogens with zero attached hydrogens (tertiary/aromatic N) is 2. The van der Waals surface area contributed by atoms with E-state index in [1.165, 1.54) is 18.3 Å². The number of guanidine groups is 1. The van der Waals surface area contributed by atoms with Crippen LogP contribution in [-0.4, -0.2) is 45.1 Å². The third kappa shape index (κ3) is 4.00. The molecule has 134 valence electrons. The van der Waals surface area contributed by atoms with Gasteiger partial charge in [0.25, 0.3) is 10.0 Å². The number of nitrogens with one attached hydrogen (secondary N) is 2. The van der Waals surface area contributed by atoms with Gasteiger partial charge in [-0.1, -0.05) is 6.07 Å². The van der Waals surface area contributed by atoms with Gasteiger partial charge in [0.1, 0.15) is 4.90 Å². The summed E-state index contributed by atoms with van der Waals surface area (Å²) in [5, 5.41) is 0. The second-order valence-corrected chi connectivity index (χ2v) is 7.23. The van der Waals surface area contributed by atoms with Crippen molar-refractivity contribution >= 4 is 34.1 Å². The Hall–Kier alpha value is -2.79. The molecule has 0 aromatic heterocycles. The monoisotopic (exact) mass is 367 g/mol. The summed E-state index contributed by atoms with van der Waals surface area (Å²) in [7, 11) is -3.32. The van der Waals surface area contributed by atoms with E-state index in [9.17, 15) is 18.0 Å². The molecule has 0 atom stereocenters. The van der Waals surface area contributed by atoms with Crippen molar-refractivity contribution in [2.45, 2.75) is 24.3 Å². The third-order valence-corrected chi connectivity index (χ3v) is 4.48. The molecule has 1 amide bonds. The van der Waals surface area contributed by atoms with Crippen molar-refractivity contribution in [1.82, 2.24) is 10.9 Å². The van der Waals surface area contributed by atoms with Gasteiger partial charge in [-0.15, -0.1) is 4.40 Å². The van der Waals surface area contributed by atoms with E-state index in [4.69, 9.17) is 5.73 Å². The number of esters is 1. The molecule has 0 saturated heterocycles. The van der Waals surface area contributed by atoms with E-state index in [0.29, 0.717) is 0 Å². The van der Waals surface area contributed by atoms with Crippen LogP contribution in [0.4, 0.5) is 0 Å². The number of amides is 1. The molecule has 0 saturated carbocycles. The number of carbonyl (C=O) groups excluding carboxylic acids is 2. The highest BCUT2D eigenvalue weighted by Crippen LogP contribution is 2.23. The summed E-state index contributed by atoms with van der Waals surface area (Å²) in [5.74, 6) is -2.21. The maximum atomic E-state index is 12.6. The van der Waals surface area contributed by atoms with E-state index in [1.807, 2.05) is 0 Å². The van der Waals surface area contributed by atoms with Gasteiger partial charge >= 0.3 is 5.97 Å². The van der Waals surface area contributed by atoms with Crippen molar-refractivity contribution in [2.75, 3.05) is 7.11 Å². The molecule has 1 aromatic rings. The van der Waals surface area contributed by atoms with Crippen molar-refractivity contribution < 1.29 is 22.7 Å². The summed E-state index contributed by atoms with van der Waals surface area (Å²) >= 11 is 0. The Morgan fingerprint density at radius 2 is 2.00 bits per heavy atom. The largest absolute Gasteiger partial charge is 0.465 e. The maximum absolute atomic E-state index is 12.6. The molecule has 1 aliphatic heterocycles. The number of hydrazine groups is 1. The summed E-state index contributed by atoms with van der Waals surface area (Å²) in [6, 6.07) is 3.63. The van der Waals surface area contributed by atoms with E-state index >= 15 is 0 Å². The fraction of sp³-hybridized carbons (Fsp3) is 0.286.